The maximum atomic E-state index is 12.3. The molecule has 0 unspecified atom stereocenters. The van der Waals surface area contributed by atoms with Gasteiger partial charge in [-0.1, -0.05) is 42.8 Å². The normalized spacial score (nSPS) is 15.5. The van der Waals surface area contributed by atoms with Gasteiger partial charge in [0.2, 0.25) is 0 Å². The van der Waals surface area contributed by atoms with Crippen molar-refractivity contribution in [2.45, 2.75) is 59.3 Å². The van der Waals surface area contributed by atoms with Gasteiger partial charge >= 0.3 is 6.16 Å². The summed E-state index contributed by atoms with van der Waals surface area (Å²) in [5, 5.41) is 0. The molecule has 0 atom stereocenters. The Hall–Kier alpha value is -2.72. The molecule has 3 aromatic rings. The molecule has 0 saturated heterocycles. The van der Waals surface area contributed by atoms with E-state index in [1.165, 1.54) is 21.1 Å². The highest BCUT2D eigenvalue weighted by molar-refractivity contribution is 7.97. The summed E-state index contributed by atoms with van der Waals surface area (Å²) >= 11 is 0. The topological polar surface area (TPSA) is 35.5 Å². The van der Waals surface area contributed by atoms with Gasteiger partial charge in [0, 0.05) is 0 Å². The first-order valence-corrected chi connectivity index (χ1v) is 11.7. The van der Waals surface area contributed by atoms with Crippen LogP contribution in [0.4, 0.5) is 4.79 Å². The highest BCUT2D eigenvalue weighted by Crippen LogP contribution is 2.33. The van der Waals surface area contributed by atoms with E-state index in [1.807, 2.05) is 43.3 Å². The average Bonchev–Trinajstić information content (AvgIpc) is 2.77. The Morgan fingerprint density at radius 1 is 0.733 bits per heavy atom. The molecule has 1 aliphatic rings. The minimum atomic E-state index is -0.614. The Morgan fingerprint density at radius 3 is 1.77 bits per heavy atom. The Balaban J connectivity index is 1.50. The molecular formula is C26H27O3S+. The lowest BCUT2D eigenvalue weighted by Crippen LogP contribution is -2.35. The number of hydrogen-bond acceptors (Lipinski definition) is 3. The summed E-state index contributed by atoms with van der Waals surface area (Å²) in [5.41, 5.74) is -0.400. The van der Waals surface area contributed by atoms with Gasteiger partial charge in [-0.2, -0.15) is 0 Å². The van der Waals surface area contributed by atoms with E-state index in [9.17, 15) is 4.79 Å². The minimum Gasteiger partial charge on any atom is -0.428 e. The molecule has 3 aromatic carbocycles. The van der Waals surface area contributed by atoms with Gasteiger partial charge in [-0.15, -0.1) is 0 Å². The van der Waals surface area contributed by atoms with Crippen molar-refractivity contribution in [3.8, 4) is 5.75 Å². The van der Waals surface area contributed by atoms with Crippen LogP contribution >= 0.6 is 0 Å². The molecule has 0 amide bonds. The van der Waals surface area contributed by atoms with Crippen molar-refractivity contribution >= 4 is 17.1 Å². The lowest BCUT2D eigenvalue weighted by Gasteiger charge is -2.32. The molecule has 154 valence electrons. The zero-order valence-corrected chi connectivity index (χ0v) is 18.1. The standard InChI is InChI=1S/C26H27O3S/c1-26(19-9-4-10-20-26)29-25(27)28-21-15-17-24(18-16-21)30(22-11-5-2-6-12-22)23-13-7-3-8-14-23/h2-3,5-8,11-18H,4,9-10,19-20H2,1H3/q+1. The van der Waals surface area contributed by atoms with Crippen LogP contribution in [0.25, 0.3) is 0 Å². The van der Waals surface area contributed by atoms with Crippen molar-refractivity contribution in [2.24, 2.45) is 0 Å². The van der Waals surface area contributed by atoms with Gasteiger partial charge in [-0.25, -0.2) is 4.79 Å². The smallest absolute Gasteiger partial charge is 0.428 e. The van der Waals surface area contributed by atoms with Gasteiger partial charge < -0.3 is 9.47 Å². The van der Waals surface area contributed by atoms with Gasteiger partial charge in [0.15, 0.2) is 14.7 Å². The Morgan fingerprint density at radius 2 is 1.23 bits per heavy atom. The molecule has 30 heavy (non-hydrogen) atoms. The van der Waals surface area contributed by atoms with Crippen molar-refractivity contribution in [1.82, 2.24) is 0 Å². The number of rotatable bonds is 5. The molecule has 1 saturated carbocycles. The lowest BCUT2D eigenvalue weighted by molar-refractivity contribution is -0.0247. The summed E-state index contributed by atoms with van der Waals surface area (Å²) in [4.78, 5) is 16.0. The van der Waals surface area contributed by atoms with Crippen molar-refractivity contribution in [3.63, 3.8) is 0 Å². The van der Waals surface area contributed by atoms with E-state index in [-0.39, 0.29) is 10.9 Å². The fraction of sp³-hybridized carbons (Fsp3) is 0.269. The number of carbonyl (C=O) groups excluding carboxylic acids is 1. The maximum Gasteiger partial charge on any atom is 0.514 e. The van der Waals surface area contributed by atoms with Crippen molar-refractivity contribution < 1.29 is 14.3 Å². The molecule has 4 heteroatoms. The second kappa shape index (κ2) is 9.40. The lowest BCUT2D eigenvalue weighted by atomic mass is 9.86. The Kier molecular flexibility index (Phi) is 6.44. The fourth-order valence-corrected chi connectivity index (χ4v) is 5.97. The van der Waals surface area contributed by atoms with E-state index in [0.29, 0.717) is 5.75 Å². The molecule has 0 N–H and O–H groups in total. The number of hydrogen-bond donors (Lipinski definition) is 0. The van der Waals surface area contributed by atoms with Crippen LogP contribution in [0.1, 0.15) is 39.0 Å². The first-order valence-electron chi connectivity index (χ1n) is 10.5. The third kappa shape index (κ3) is 5.06. The van der Waals surface area contributed by atoms with Crippen LogP contribution < -0.4 is 4.74 Å². The fourth-order valence-electron chi connectivity index (χ4n) is 3.89. The molecule has 1 fully saturated rings. The largest absolute Gasteiger partial charge is 0.514 e. The van der Waals surface area contributed by atoms with Gasteiger partial charge in [0.25, 0.3) is 0 Å². The molecule has 0 aliphatic heterocycles. The quantitative estimate of drug-likeness (QED) is 0.253. The second-order valence-electron chi connectivity index (χ2n) is 7.87. The van der Waals surface area contributed by atoms with Crippen LogP contribution in [-0.4, -0.2) is 11.8 Å². The minimum absolute atomic E-state index is 0.220. The van der Waals surface area contributed by atoms with E-state index in [0.717, 1.165) is 25.7 Å². The Labute approximate surface area is 181 Å². The maximum absolute atomic E-state index is 12.3. The first-order chi connectivity index (χ1) is 14.6. The summed E-state index contributed by atoms with van der Waals surface area (Å²) in [6, 6.07) is 28.7. The molecule has 0 bridgehead atoms. The number of benzene rings is 3. The van der Waals surface area contributed by atoms with E-state index in [2.05, 4.69) is 48.5 Å². The van der Waals surface area contributed by atoms with Crippen LogP contribution in [0.5, 0.6) is 5.75 Å². The van der Waals surface area contributed by atoms with Gasteiger partial charge in [0.05, 0.1) is 10.9 Å². The predicted molar refractivity (Wildman–Crippen MR) is 120 cm³/mol. The van der Waals surface area contributed by atoms with Crippen LogP contribution in [0.3, 0.4) is 0 Å². The summed E-state index contributed by atoms with van der Waals surface area (Å²) in [7, 11) is -0.220. The summed E-state index contributed by atoms with van der Waals surface area (Å²) in [6.45, 7) is 2.00. The van der Waals surface area contributed by atoms with Crippen molar-refractivity contribution in [3.05, 3.63) is 84.9 Å². The van der Waals surface area contributed by atoms with Crippen LogP contribution in [0.2, 0.25) is 0 Å². The van der Waals surface area contributed by atoms with Crippen LogP contribution in [-0.2, 0) is 15.6 Å². The second-order valence-corrected chi connectivity index (χ2v) is 9.89. The summed E-state index contributed by atoms with van der Waals surface area (Å²) in [5.74, 6) is 0.507. The highest BCUT2D eigenvalue weighted by atomic mass is 32.2. The van der Waals surface area contributed by atoms with E-state index >= 15 is 0 Å². The average molecular weight is 420 g/mol. The van der Waals surface area contributed by atoms with E-state index < -0.39 is 11.8 Å². The van der Waals surface area contributed by atoms with Crippen LogP contribution in [0, 0.1) is 0 Å². The molecule has 4 rings (SSSR count). The van der Waals surface area contributed by atoms with Crippen molar-refractivity contribution in [2.75, 3.05) is 0 Å². The van der Waals surface area contributed by atoms with Crippen molar-refractivity contribution in [1.29, 1.82) is 0 Å². The molecule has 0 heterocycles. The SMILES string of the molecule is CC1(OC(=O)Oc2ccc([S+](c3ccccc3)c3ccccc3)cc2)CCCCC1. The Bertz CT molecular complexity index is 909. The molecule has 0 aromatic heterocycles. The van der Waals surface area contributed by atoms with Gasteiger partial charge in [-0.3, -0.25) is 0 Å². The molecular weight excluding hydrogens is 392 g/mol. The zero-order chi connectivity index (χ0) is 20.8. The third-order valence-corrected chi connectivity index (χ3v) is 7.69. The number of ether oxygens (including phenoxy) is 2. The van der Waals surface area contributed by atoms with Crippen LogP contribution in [0.15, 0.2) is 99.6 Å². The summed E-state index contributed by atoms with van der Waals surface area (Å²) in [6.07, 6.45) is 4.59. The monoisotopic (exact) mass is 419 g/mol. The van der Waals surface area contributed by atoms with Gasteiger partial charge in [-0.05, 0) is 81.1 Å². The molecule has 0 spiro atoms. The summed E-state index contributed by atoms with van der Waals surface area (Å²) < 4.78 is 11.1. The first kappa shape index (κ1) is 20.5. The highest BCUT2D eigenvalue weighted by Gasteiger charge is 2.32. The molecule has 0 radical (unpaired) electrons. The van der Waals surface area contributed by atoms with E-state index in [4.69, 9.17) is 9.47 Å². The predicted octanol–water partition coefficient (Wildman–Crippen LogP) is 7.02. The van der Waals surface area contributed by atoms with E-state index in [1.54, 1.807) is 0 Å². The molecule has 1 aliphatic carbocycles. The molecule has 3 nitrogen and oxygen atoms in total. The third-order valence-electron chi connectivity index (χ3n) is 5.46. The number of carbonyl (C=O) groups is 1. The van der Waals surface area contributed by atoms with Gasteiger partial charge in [0.1, 0.15) is 11.4 Å². The zero-order valence-electron chi connectivity index (χ0n) is 17.3.